The Bertz CT molecular complexity index is 1990. The van der Waals surface area contributed by atoms with E-state index in [1.165, 1.54) is 30.3 Å². The van der Waals surface area contributed by atoms with E-state index < -0.39 is 35.2 Å². The molecule has 0 fully saturated rings. The number of methoxy groups -OCH3 is 1. The second kappa shape index (κ2) is 17.5. The minimum absolute atomic E-state index is 0.0355. The predicted molar refractivity (Wildman–Crippen MR) is 184 cm³/mol. The van der Waals surface area contributed by atoms with E-state index in [2.05, 4.69) is 4.90 Å². The summed E-state index contributed by atoms with van der Waals surface area (Å²) in [6.45, 7) is 3.84. The summed E-state index contributed by atoms with van der Waals surface area (Å²) in [5.74, 6) is 0. The van der Waals surface area contributed by atoms with Gasteiger partial charge in [-0.25, -0.2) is 0 Å². The number of aldehydes is 2. The molecule has 0 saturated carbocycles. The molecule has 0 saturated heterocycles. The van der Waals surface area contributed by atoms with Crippen LogP contribution in [0.2, 0.25) is 0 Å². The van der Waals surface area contributed by atoms with Gasteiger partial charge in [-0.15, -0.1) is 0 Å². The van der Waals surface area contributed by atoms with Crippen LogP contribution < -0.4 is 0 Å². The molecule has 0 spiro atoms. The Morgan fingerprint density at radius 2 is 0.981 bits per heavy atom. The second-order valence-corrected chi connectivity index (χ2v) is 11.6. The lowest BCUT2D eigenvalue weighted by atomic mass is 9.84. The molecule has 0 heterocycles. The smallest absolute Gasteiger partial charge is 0.383 e. The Morgan fingerprint density at radius 3 is 1.34 bits per heavy atom. The summed E-state index contributed by atoms with van der Waals surface area (Å²) in [6.07, 6.45) is -13.1. The van der Waals surface area contributed by atoms with Crippen molar-refractivity contribution in [2.75, 3.05) is 34.4 Å². The van der Waals surface area contributed by atoms with E-state index in [0.717, 1.165) is 73.8 Å². The number of nitrogens with zero attached hydrogens (tertiary/aromatic N) is 1. The van der Waals surface area contributed by atoms with Crippen molar-refractivity contribution in [1.29, 1.82) is 0 Å². The molecule has 0 aliphatic heterocycles. The molecule has 0 bridgehead atoms. The zero-order valence-corrected chi connectivity index (χ0v) is 28.4. The molecule has 14 heteroatoms. The highest BCUT2D eigenvalue weighted by molar-refractivity contribution is 6.16. The molecule has 5 rings (SSSR count). The highest BCUT2D eigenvalue weighted by atomic mass is 19.4. The van der Waals surface area contributed by atoms with Crippen LogP contribution in [0.3, 0.4) is 0 Å². The van der Waals surface area contributed by atoms with Crippen LogP contribution in [0.1, 0.15) is 37.4 Å². The van der Waals surface area contributed by atoms with Crippen molar-refractivity contribution in [3.05, 3.63) is 119 Å². The van der Waals surface area contributed by atoms with Crippen LogP contribution in [0, 0.1) is 0 Å². The third-order valence-electron chi connectivity index (χ3n) is 7.86. The number of hydrogen-bond donors (Lipinski definition) is 0. The van der Waals surface area contributed by atoms with Gasteiger partial charge in [-0.05, 0) is 107 Å². The van der Waals surface area contributed by atoms with E-state index in [1.54, 1.807) is 7.11 Å². The molecule has 0 aliphatic rings. The standard InChI is InChI=1S/C33H17F9O2.C5H13NO.CH2O/c34-31(35,36)24-7-1-18(2-8-24)21-13-22(16-43)29-23(17-44)15-27(19-3-9-25(10-4-19)32(37,38)39)30(28(29)14-21)20-5-11-26(12-6-20)33(40,41)42;1-6(2)4-5-7-3;1-2/h1-17H;4-5H2,1-3H3;1H2. The van der Waals surface area contributed by atoms with Gasteiger partial charge < -0.3 is 14.4 Å². The van der Waals surface area contributed by atoms with Crippen molar-refractivity contribution in [3.8, 4) is 33.4 Å². The predicted octanol–water partition coefficient (Wildman–Crippen LogP) is 10.5. The van der Waals surface area contributed by atoms with Gasteiger partial charge in [0.1, 0.15) is 6.79 Å². The van der Waals surface area contributed by atoms with Crippen LogP contribution in [0.15, 0.2) is 91.0 Å². The Morgan fingerprint density at radius 1 is 0.585 bits per heavy atom. The molecule has 280 valence electrons. The minimum atomic E-state index is -4.67. The molecule has 0 unspecified atom stereocenters. The van der Waals surface area contributed by atoms with Crippen LogP contribution in [0.5, 0.6) is 0 Å². The number of benzene rings is 5. The normalized spacial score (nSPS) is 11.7. The lowest BCUT2D eigenvalue weighted by Gasteiger charge is -2.19. The van der Waals surface area contributed by atoms with Gasteiger partial charge in [0.25, 0.3) is 0 Å². The first-order valence-electron chi connectivity index (χ1n) is 15.4. The summed E-state index contributed by atoms with van der Waals surface area (Å²) in [4.78, 5) is 34.6. The Hall–Kier alpha value is -5.34. The van der Waals surface area contributed by atoms with Gasteiger partial charge in [-0.1, -0.05) is 36.4 Å². The maximum atomic E-state index is 13.4. The SMILES string of the molecule is C=O.COCCN(C)C.O=Cc1cc(-c2ccc(C(F)(F)F)cc2)cc2c(-c3ccc(C(F)(F)F)cc3)c(-c3ccc(C(F)(F)F)cc3)cc(C=O)c12. The lowest BCUT2D eigenvalue weighted by molar-refractivity contribution is -0.138. The molecule has 0 amide bonds. The molecule has 5 aromatic rings. The van der Waals surface area contributed by atoms with Crippen molar-refractivity contribution in [3.63, 3.8) is 0 Å². The molecule has 53 heavy (non-hydrogen) atoms. The number of carbonyl (C=O) groups is 3. The van der Waals surface area contributed by atoms with Crippen molar-refractivity contribution < 1.29 is 58.6 Å². The summed E-state index contributed by atoms with van der Waals surface area (Å²) in [5.41, 5.74) is -1.68. The average Bonchev–Trinajstić information content (AvgIpc) is 3.13. The number of fused-ring (bicyclic) bond motifs is 1. The molecule has 0 aliphatic carbocycles. The van der Waals surface area contributed by atoms with E-state index in [0.29, 0.717) is 12.6 Å². The van der Waals surface area contributed by atoms with Gasteiger partial charge in [0.2, 0.25) is 0 Å². The zero-order chi connectivity index (χ0) is 39.7. The largest absolute Gasteiger partial charge is 0.416 e. The summed E-state index contributed by atoms with van der Waals surface area (Å²) in [5, 5.41) is 0.278. The van der Waals surface area contributed by atoms with Gasteiger partial charge in [-0.2, -0.15) is 39.5 Å². The number of carbonyl (C=O) groups excluding carboxylic acids is 3. The minimum Gasteiger partial charge on any atom is -0.383 e. The van der Waals surface area contributed by atoms with Crippen molar-refractivity contribution >= 4 is 30.1 Å². The van der Waals surface area contributed by atoms with E-state index in [-0.39, 0.29) is 55.3 Å². The fourth-order valence-electron chi connectivity index (χ4n) is 5.31. The summed E-state index contributed by atoms with van der Waals surface area (Å²) in [7, 11) is 5.77. The van der Waals surface area contributed by atoms with E-state index >= 15 is 0 Å². The maximum Gasteiger partial charge on any atom is 0.416 e. The fraction of sp³-hybridized carbons (Fsp3) is 0.205. The third kappa shape index (κ3) is 10.4. The van der Waals surface area contributed by atoms with Crippen molar-refractivity contribution in [2.45, 2.75) is 18.5 Å². The molecular weight excluding hydrogens is 717 g/mol. The first kappa shape index (κ1) is 42.1. The van der Waals surface area contributed by atoms with Crippen LogP contribution in [0.4, 0.5) is 39.5 Å². The quantitative estimate of drug-likeness (QED) is 0.117. The van der Waals surface area contributed by atoms with Crippen LogP contribution in [0.25, 0.3) is 44.2 Å². The number of alkyl halides is 9. The number of ether oxygens (including phenoxy) is 1. The van der Waals surface area contributed by atoms with E-state index in [9.17, 15) is 49.1 Å². The lowest BCUT2D eigenvalue weighted by Crippen LogP contribution is -2.16. The van der Waals surface area contributed by atoms with Gasteiger partial charge in [0, 0.05) is 30.2 Å². The molecule has 0 N–H and O–H groups in total. The fourth-order valence-corrected chi connectivity index (χ4v) is 5.31. The van der Waals surface area contributed by atoms with Crippen LogP contribution >= 0.6 is 0 Å². The Balaban J connectivity index is 0.000000754. The second-order valence-electron chi connectivity index (χ2n) is 11.6. The number of rotatable bonds is 8. The molecule has 5 aromatic carbocycles. The Kier molecular flexibility index (Phi) is 13.9. The number of likely N-dealkylation sites (N-methyl/N-ethyl adjacent to an activating group) is 1. The molecular formula is C39H32F9NO4. The van der Waals surface area contributed by atoms with Gasteiger partial charge >= 0.3 is 18.5 Å². The van der Waals surface area contributed by atoms with Gasteiger partial charge in [0.15, 0.2) is 12.6 Å². The highest BCUT2D eigenvalue weighted by Crippen LogP contribution is 2.44. The van der Waals surface area contributed by atoms with E-state index in [4.69, 9.17) is 9.53 Å². The maximum absolute atomic E-state index is 13.4. The van der Waals surface area contributed by atoms with Gasteiger partial charge in [-0.3, -0.25) is 9.59 Å². The summed E-state index contributed by atoms with van der Waals surface area (Å²) >= 11 is 0. The Labute approximate surface area is 298 Å². The topological polar surface area (TPSA) is 63.7 Å². The molecule has 5 nitrogen and oxygen atoms in total. The van der Waals surface area contributed by atoms with Crippen LogP contribution in [-0.4, -0.2) is 58.6 Å². The van der Waals surface area contributed by atoms with Crippen LogP contribution in [-0.2, 0) is 28.1 Å². The molecule has 0 atom stereocenters. The zero-order valence-electron chi connectivity index (χ0n) is 28.4. The average molecular weight is 750 g/mol. The monoisotopic (exact) mass is 749 g/mol. The van der Waals surface area contributed by atoms with E-state index in [1.807, 2.05) is 20.9 Å². The number of hydrogen-bond acceptors (Lipinski definition) is 5. The first-order valence-corrected chi connectivity index (χ1v) is 15.4. The van der Waals surface area contributed by atoms with Crippen molar-refractivity contribution in [2.24, 2.45) is 0 Å². The molecule has 0 radical (unpaired) electrons. The summed E-state index contributed by atoms with van der Waals surface area (Å²) < 4.78 is 124. The molecule has 0 aromatic heterocycles. The number of halogens is 9. The third-order valence-corrected chi connectivity index (χ3v) is 7.86. The van der Waals surface area contributed by atoms with Gasteiger partial charge in [0.05, 0.1) is 23.3 Å². The van der Waals surface area contributed by atoms with Crippen molar-refractivity contribution in [1.82, 2.24) is 4.90 Å². The first-order chi connectivity index (χ1) is 24.9. The highest BCUT2D eigenvalue weighted by Gasteiger charge is 2.32. The summed E-state index contributed by atoms with van der Waals surface area (Å²) in [6, 6.07) is 16.0.